The maximum atomic E-state index is 14.1. The van der Waals surface area contributed by atoms with Crippen LogP contribution in [0, 0.1) is 29.1 Å². The van der Waals surface area contributed by atoms with Crippen LogP contribution < -0.4 is 0 Å². The van der Waals surface area contributed by atoms with Gasteiger partial charge in [0.05, 0.1) is 13.1 Å². The molecule has 0 aliphatic carbocycles. The van der Waals surface area contributed by atoms with Gasteiger partial charge in [0.2, 0.25) is 5.82 Å². The number of halogens is 5. The van der Waals surface area contributed by atoms with E-state index in [9.17, 15) is 22.0 Å². The maximum absolute atomic E-state index is 14.1. The predicted molar refractivity (Wildman–Crippen MR) is 110 cm³/mol. The van der Waals surface area contributed by atoms with Crippen LogP contribution in [0.4, 0.5) is 22.0 Å². The molecule has 0 saturated carbocycles. The number of hydrogen-bond donors (Lipinski definition) is 0. The number of thioether (sulfide) groups is 1. The molecular formula is C22H21F5N4S. The minimum absolute atomic E-state index is 0.352. The van der Waals surface area contributed by atoms with Crippen LogP contribution >= 0.6 is 11.8 Å². The second-order valence-corrected chi connectivity index (χ2v) is 8.59. The Morgan fingerprint density at radius 3 is 2.03 bits per heavy atom. The number of aromatic nitrogens is 3. The molecule has 1 saturated heterocycles. The second kappa shape index (κ2) is 9.99. The summed E-state index contributed by atoms with van der Waals surface area (Å²) in [4.78, 5) is 2.27. The summed E-state index contributed by atoms with van der Waals surface area (Å²) in [5, 5.41) is 8.78. The van der Waals surface area contributed by atoms with Crippen molar-refractivity contribution in [3.05, 3.63) is 76.4 Å². The topological polar surface area (TPSA) is 34.0 Å². The van der Waals surface area contributed by atoms with Gasteiger partial charge in [0, 0.05) is 11.3 Å². The van der Waals surface area contributed by atoms with E-state index >= 15 is 0 Å². The number of benzene rings is 2. The molecule has 4 nitrogen and oxygen atoms in total. The Kier molecular flexibility index (Phi) is 7.10. The van der Waals surface area contributed by atoms with Gasteiger partial charge in [0.1, 0.15) is 5.82 Å². The summed E-state index contributed by atoms with van der Waals surface area (Å²) in [6.45, 7) is 2.90. The first kappa shape index (κ1) is 22.7. The van der Waals surface area contributed by atoms with Crippen molar-refractivity contribution in [1.29, 1.82) is 0 Å². The molecule has 0 atom stereocenters. The first-order chi connectivity index (χ1) is 15.5. The highest BCUT2D eigenvalue weighted by atomic mass is 32.2. The van der Waals surface area contributed by atoms with Crippen molar-refractivity contribution < 1.29 is 22.0 Å². The predicted octanol–water partition coefficient (Wildman–Crippen LogP) is 5.30. The van der Waals surface area contributed by atoms with Crippen molar-refractivity contribution >= 4 is 11.8 Å². The van der Waals surface area contributed by atoms with Gasteiger partial charge < -0.3 is 4.57 Å². The van der Waals surface area contributed by atoms with Gasteiger partial charge in [-0.15, -0.1) is 10.2 Å². The highest BCUT2D eigenvalue weighted by Gasteiger charge is 2.26. The molecule has 0 spiro atoms. The van der Waals surface area contributed by atoms with Crippen LogP contribution in [0.5, 0.6) is 0 Å². The molecule has 1 fully saturated rings. The highest BCUT2D eigenvalue weighted by Crippen LogP contribution is 2.30. The molecule has 0 radical (unpaired) electrons. The van der Waals surface area contributed by atoms with Gasteiger partial charge in [0.25, 0.3) is 0 Å². The summed E-state index contributed by atoms with van der Waals surface area (Å²) in [5.74, 6) is -9.48. The summed E-state index contributed by atoms with van der Waals surface area (Å²) < 4.78 is 70.4. The largest absolute Gasteiger partial charge is 0.300 e. The maximum Gasteiger partial charge on any atom is 0.200 e. The Morgan fingerprint density at radius 1 is 0.750 bits per heavy atom. The van der Waals surface area contributed by atoms with E-state index in [-0.39, 0.29) is 0 Å². The van der Waals surface area contributed by atoms with Crippen LogP contribution in [-0.4, -0.2) is 32.8 Å². The van der Waals surface area contributed by atoms with Crippen molar-refractivity contribution in [3.8, 4) is 0 Å². The van der Waals surface area contributed by atoms with E-state index < -0.39 is 40.4 Å². The lowest BCUT2D eigenvalue weighted by Crippen LogP contribution is -2.30. The number of nitrogens with zero attached hydrogens (tertiary/aromatic N) is 4. The molecule has 0 amide bonds. The molecule has 1 aromatic heterocycles. The molecule has 32 heavy (non-hydrogen) atoms. The molecule has 0 N–H and O–H groups in total. The zero-order chi connectivity index (χ0) is 22.7. The van der Waals surface area contributed by atoms with Crippen molar-refractivity contribution in [2.75, 3.05) is 13.1 Å². The van der Waals surface area contributed by atoms with E-state index in [2.05, 4.69) is 15.1 Å². The standard InChI is InChI=1S/C22H21F5N4S/c23-17-15(18(24)20(26)21(27)19(17)25)13-32-22-29-28-16(12-30-9-5-2-6-10-30)31(22)11-14-7-3-1-4-8-14/h1,3-4,7-8H,2,5-6,9-13H2. The van der Waals surface area contributed by atoms with Crippen LogP contribution in [-0.2, 0) is 18.8 Å². The van der Waals surface area contributed by atoms with E-state index in [1.165, 1.54) is 6.42 Å². The number of rotatable bonds is 7. The van der Waals surface area contributed by atoms with E-state index in [1.54, 1.807) is 0 Å². The third-order valence-electron chi connectivity index (χ3n) is 5.44. The summed E-state index contributed by atoms with van der Waals surface area (Å²) >= 11 is 0.889. The van der Waals surface area contributed by atoms with Gasteiger partial charge in [-0.05, 0) is 31.5 Å². The van der Waals surface area contributed by atoms with Crippen LogP contribution in [0.1, 0.15) is 36.2 Å². The first-order valence-electron chi connectivity index (χ1n) is 10.3. The van der Waals surface area contributed by atoms with Gasteiger partial charge >= 0.3 is 0 Å². The van der Waals surface area contributed by atoms with E-state index in [4.69, 9.17) is 0 Å². The molecule has 0 unspecified atom stereocenters. The Hall–Kier alpha value is -2.46. The Bertz CT molecular complexity index is 1050. The van der Waals surface area contributed by atoms with Gasteiger partial charge in [-0.1, -0.05) is 48.5 Å². The van der Waals surface area contributed by atoms with Crippen molar-refractivity contribution in [3.63, 3.8) is 0 Å². The SMILES string of the molecule is Fc1c(F)c(F)c(CSc2nnc(CN3CCCCC3)n2Cc2ccccc2)c(F)c1F. The second-order valence-electron chi connectivity index (χ2n) is 7.64. The van der Waals surface area contributed by atoms with E-state index in [1.807, 2.05) is 34.9 Å². The summed E-state index contributed by atoms with van der Waals surface area (Å²) in [5.41, 5.74) is 0.100. The molecule has 10 heteroatoms. The van der Waals surface area contributed by atoms with Gasteiger partial charge in [-0.3, -0.25) is 4.90 Å². The van der Waals surface area contributed by atoms with Crippen LogP contribution in [0.3, 0.4) is 0 Å². The monoisotopic (exact) mass is 468 g/mol. The average molecular weight is 468 g/mol. The molecule has 2 aromatic carbocycles. The average Bonchev–Trinajstić information content (AvgIpc) is 3.18. The van der Waals surface area contributed by atoms with E-state index in [0.717, 1.165) is 43.3 Å². The lowest BCUT2D eigenvalue weighted by atomic mass is 10.1. The molecular weight excluding hydrogens is 447 g/mol. The minimum atomic E-state index is -2.16. The molecule has 170 valence electrons. The quantitative estimate of drug-likeness (QED) is 0.204. The van der Waals surface area contributed by atoms with Crippen LogP contribution in [0.15, 0.2) is 35.5 Å². The van der Waals surface area contributed by atoms with Crippen LogP contribution in [0.2, 0.25) is 0 Å². The molecule has 0 bridgehead atoms. The Balaban J connectivity index is 1.61. The fourth-order valence-corrected chi connectivity index (χ4v) is 4.65. The minimum Gasteiger partial charge on any atom is -0.300 e. The van der Waals surface area contributed by atoms with Crippen molar-refractivity contribution in [1.82, 2.24) is 19.7 Å². The normalized spacial score (nSPS) is 14.8. The lowest BCUT2D eigenvalue weighted by molar-refractivity contribution is 0.213. The zero-order valence-electron chi connectivity index (χ0n) is 17.1. The third-order valence-corrected chi connectivity index (χ3v) is 6.43. The number of hydrogen-bond acceptors (Lipinski definition) is 4. The number of likely N-dealkylation sites (tertiary alicyclic amines) is 1. The Labute approximate surface area is 186 Å². The summed E-state index contributed by atoms with van der Waals surface area (Å²) in [6, 6.07) is 9.55. The smallest absolute Gasteiger partial charge is 0.200 e. The first-order valence-corrected chi connectivity index (χ1v) is 11.3. The molecule has 4 rings (SSSR count). The van der Waals surface area contributed by atoms with Gasteiger partial charge in [0.15, 0.2) is 28.4 Å². The van der Waals surface area contributed by atoms with Gasteiger partial charge in [-0.25, -0.2) is 22.0 Å². The Morgan fingerprint density at radius 2 is 1.38 bits per heavy atom. The van der Waals surface area contributed by atoms with Crippen molar-refractivity contribution in [2.45, 2.75) is 43.3 Å². The van der Waals surface area contributed by atoms with Gasteiger partial charge in [-0.2, -0.15) is 0 Å². The zero-order valence-corrected chi connectivity index (χ0v) is 17.9. The molecule has 2 heterocycles. The van der Waals surface area contributed by atoms with Crippen LogP contribution in [0.25, 0.3) is 0 Å². The lowest BCUT2D eigenvalue weighted by Gasteiger charge is -2.26. The fraction of sp³-hybridized carbons (Fsp3) is 0.364. The fourth-order valence-electron chi connectivity index (χ4n) is 3.70. The molecule has 1 aliphatic heterocycles. The van der Waals surface area contributed by atoms with E-state index in [0.29, 0.717) is 24.1 Å². The van der Waals surface area contributed by atoms with Crippen molar-refractivity contribution in [2.24, 2.45) is 0 Å². The summed E-state index contributed by atoms with van der Waals surface area (Å²) in [6.07, 6.45) is 3.40. The molecule has 1 aliphatic rings. The third kappa shape index (κ3) is 4.80. The highest BCUT2D eigenvalue weighted by molar-refractivity contribution is 7.98. The molecule has 3 aromatic rings. The number of piperidine rings is 1. The summed E-state index contributed by atoms with van der Waals surface area (Å²) in [7, 11) is 0.